The Kier molecular flexibility index (Phi) is 4.60. The van der Waals surface area contributed by atoms with Crippen molar-refractivity contribution < 1.29 is 26.7 Å². The van der Waals surface area contributed by atoms with Crippen LogP contribution in [0.15, 0.2) is 29.2 Å². The Bertz CT molecular complexity index is 580. The standard InChI is InChI=1S/C13H16F3NO3S/c14-13(15,16)10-3-5-11(6-4-10)21(19,20)17-8-7-12(18)9-1-2-9/h3-6,9,12,17-18H,1-2,7-8H2/t12-/m0/s1. The molecule has 0 heterocycles. The summed E-state index contributed by atoms with van der Waals surface area (Å²) in [6, 6.07) is 3.30. The minimum atomic E-state index is -4.50. The van der Waals surface area contributed by atoms with Crippen molar-refractivity contribution in [2.24, 2.45) is 5.92 Å². The third kappa shape index (κ3) is 4.42. The average Bonchev–Trinajstić information content (AvgIpc) is 3.22. The van der Waals surface area contributed by atoms with Crippen molar-refractivity contribution in [2.45, 2.75) is 36.4 Å². The summed E-state index contributed by atoms with van der Waals surface area (Å²) in [6.07, 6.45) is -2.82. The Morgan fingerprint density at radius 2 is 1.81 bits per heavy atom. The van der Waals surface area contributed by atoms with Gasteiger partial charge in [0.1, 0.15) is 0 Å². The second-order valence-electron chi connectivity index (χ2n) is 5.11. The van der Waals surface area contributed by atoms with Gasteiger partial charge in [-0.15, -0.1) is 0 Å². The van der Waals surface area contributed by atoms with Gasteiger partial charge in [-0.2, -0.15) is 13.2 Å². The van der Waals surface area contributed by atoms with E-state index in [1.54, 1.807) is 0 Å². The van der Waals surface area contributed by atoms with Crippen molar-refractivity contribution in [1.29, 1.82) is 0 Å². The van der Waals surface area contributed by atoms with E-state index in [-0.39, 0.29) is 17.4 Å². The van der Waals surface area contributed by atoms with Crippen molar-refractivity contribution in [3.63, 3.8) is 0 Å². The van der Waals surface area contributed by atoms with Gasteiger partial charge in [-0.3, -0.25) is 0 Å². The van der Waals surface area contributed by atoms with Gasteiger partial charge in [0.05, 0.1) is 16.6 Å². The molecule has 8 heteroatoms. The average molecular weight is 323 g/mol. The maximum absolute atomic E-state index is 12.4. The maximum atomic E-state index is 12.4. The Morgan fingerprint density at radius 1 is 1.24 bits per heavy atom. The minimum absolute atomic E-state index is 0.0566. The molecule has 0 unspecified atom stereocenters. The van der Waals surface area contributed by atoms with Crippen LogP contribution in [0.5, 0.6) is 0 Å². The zero-order valence-corrected chi connectivity index (χ0v) is 11.9. The first-order valence-corrected chi connectivity index (χ1v) is 8.03. The molecule has 1 atom stereocenters. The second kappa shape index (κ2) is 5.94. The smallest absolute Gasteiger partial charge is 0.393 e. The molecule has 1 aliphatic rings. The first-order chi connectivity index (χ1) is 9.70. The SMILES string of the molecule is O=S(=O)(NCC[C@H](O)C1CC1)c1ccc(C(F)(F)F)cc1. The lowest BCUT2D eigenvalue weighted by molar-refractivity contribution is -0.137. The van der Waals surface area contributed by atoms with Crippen LogP contribution in [0, 0.1) is 5.92 Å². The van der Waals surface area contributed by atoms with E-state index in [4.69, 9.17) is 0 Å². The lowest BCUT2D eigenvalue weighted by atomic mass is 10.2. The lowest BCUT2D eigenvalue weighted by Gasteiger charge is -2.11. The van der Waals surface area contributed by atoms with Crippen LogP contribution in [0.2, 0.25) is 0 Å². The number of sulfonamides is 1. The summed E-state index contributed by atoms with van der Waals surface area (Å²) in [5.41, 5.74) is -0.898. The number of rotatable bonds is 6. The monoisotopic (exact) mass is 323 g/mol. The van der Waals surface area contributed by atoms with E-state index in [2.05, 4.69) is 4.72 Å². The van der Waals surface area contributed by atoms with E-state index in [1.807, 2.05) is 0 Å². The van der Waals surface area contributed by atoms with Crippen LogP contribution < -0.4 is 4.72 Å². The van der Waals surface area contributed by atoms with Crippen LogP contribution in [0.25, 0.3) is 0 Å². The number of hydrogen-bond acceptors (Lipinski definition) is 3. The lowest BCUT2D eigenvalue weighted by Crippen LogP contribution is -2.28. The Balaban J connectivity index is 1.95. The summed E-state index contributed by atoms with van der Waals surface area (Å²) < 4.78 is 63.2. The van der Waals surface area contributed by atoms with E-state index >= 15 is 0 Å². The van der Waals surface area contributed by atoms with Gasteiger partial charge in [0.25, 0.3) is 0 Å². The van der Waals surface area contributed by atoms with E-state index < -0.39 is 27.9 Å². The van der Waals surface area contributed by atoms with Gasteiger partial charge in [0, 0.05) is 6.54 Å². The van der Waals surface area contributed by atoms with Gasteiger partial charge in [0.2, 0.25) is 10.0 Å². The highest BCUT2D eigenvalue weighted by molar-refractivity contribution is 7.89. The van der Waals surface area contributed by atoms with Gasteiger partial charge < -0.3 is 5.11 Å². The van der Waals surface area contributed by atoms with Crippen LogP contribution in [0.1, 0.15) is 24.8 Å². The topological polar surface area (TPSA) is 66.4 Å². The largest absolute Gasteiger partial charge is 0.416 e. The zero-order valence-electron chi connectivity index (χ0n) is 11.1. The molecule has 1 aromatic rings. The highest BCUT2D eigenvalue weighted by Crippen LogP contribution is 2.33. The summed E-state index contributed by atoms with van der Waals surface area (Å²) in [7, 11) is -3.85. The number of aliphatic hydroxyl groups excluding tert-OH is 1. The number of aliphatic hydroxyl groups is 1. The molecule has 2 rings (SSSR count). The molecule has 1 saturated carbocycles. The summed E-state index contributed by atoms with van der Waals surface area (Å²) in [5, 5.41) is 9.62. The third-order valence-corrected chi connectivity index (χ3v) is 4.87. The van der Waals surface area contributed by atoms with E-state index in [1.165, 1.54) is 0 Å². The third-order valence-electron chi connectivity index (χ3n) is 3.39. The van der Waals surface area contributed by atoms with Crippen molar-refractivity contribution in [3.8, 4) is 0 Å². The minimum Gasteiger partial charge on any atom is -0.393 e. The van der Waals surface area contributed by atoms with Crippen LogP contribution in [-0.4, -0.2) is 26.2 Å². The number of benzene rings is 1. The molecule has 0 spiro atoms. The number of alkyl halides is 3. The fraction of sp³-hybridized carbons (Fsp3) is 0.538. The molecule has 21 heavy (non-hydrogen) atoms. The predicted octanol–water partition coefficient (Wildman–Crippen LogP) is 2.14. The van der Waals surface area contributed by atoms with Crippen LogP contribution in [0.4, 0.5) is 13.2 Å². The van der Waals surface area contributed by atoms with Crippen molar-refractivity contribution >= 4 is 10.0 Å². The molecule has 1 aliphatic carbocycles. The van der Waals surface area contributed by atoms with E-state index in [9.17, 15) is 26.7 Å². The molecule has 0 bridgehead atoms. The van der Waals surface area contributed by atoms with Gasteiger partial charge in [-0.1, -0.05) is 0 Å². The fourth-order valence-corrected chi connectivity index (χ4v) is 3.01. The molecule has 2 N–H and O–H groups in total. The number of hydrogen-bond donors (Lipinski definition) is 2. The highest BCUT2D eigenvalue weighted by atomic mass is 32.2. The van der Waals surface area contributed by atoms with E-state index in [0.717, 1.165) is 37.1 Å². The Morgan fingerprint density at radius 3 is 2.29 bits per heavy atom. The maximum Gasteiger partial charge on any atom is 0.416 e. The Labute approximate surface area is 121 Å². The van der Waals surface area contributed by atoms with Gasteiger partial charge in [-0.05, 0) is 49.4 Å². The zero-order chi connectivity index (χ0) is 15.7. The Hall–Kier alpha value is -1.12. The summed E-state index contributed by atoms with van der Waals surface area (Å²) >= 11 is 0. The molecule has 0 amide bonds. The molecule has 0 aromatic heterocycles. The first-order valence-electron chi connectivity index (χ1n) is 6.55. The molecule has 0 aliphatic heterocycles. The quantitative estimate of drug-likeness (QED) is 0.843. The van der Waals surface area contributed by atoms with Crippen molar-refractivity contribution in [2.75, 3.05) is 6.54 Å². The van der Waals surface area contributed by atoms with Crippen LogP contribution in [0.3, 0.4) is 0 Å². The predicted molar refractivity (Wildman–Crippen MR) is 70.0 cm³/mol. The molecule has 1 fully saturated rings. The molecule has 4 nitrogen and oxygen atoms in total. The number of halogens is 3. The van der Waals surface area contributed by atoms with Gasteiger partial charge >= 0.3 is 6.18 Å². The van der Waals surface area contributed by atoms with Crippen molar-refractivity contribution in [1.82, 2.24) is 4.72 Å². The number of nitrogens with one attached hydrogen (secondary N) is 1. The summed E-state index contributed by atoms with van der Waals surface area (Å²) in [4.78, 5) is -0.226. The molecule has 118 valence electrons. The normalized spacial score (nSPS) is 17.7. The molecular formula is C13H16F3NO3S. The molecule has 1 aromatic carbocycles. The second-order valence-corrected chi connectivity index (χ2v) is 6.88. The fourth-order valence-electron chi connectivity index (χ4n) is 1.96. The molecule has 0 radical (unpaired) electrons. The highest BCUT2D eigenvalue weighted by Gasteiger charge is 2.31. The molecule has 0 saturated heterocycles. The molecular weight excluding hydrogens is 307 g/mol. The summed E-state index contributed by atoms with van der Waals surface area (Å²) in [6.45, 7) is 0.0566. The van der Waals surface area contributed by atoms with Gasteiger partial charge in [0.15, 0.2) is 0 Å². The van der Waals surface area contributed by atoms with Crippen LogP contribution in [-0.2, 0) is 16.2 Å². The van der Waals surface area contributed by atoms with Crippen molar-refractivity contribution in [3.05, 3.63) is 29.8 Å². The van der Waals surface area contributed by atoms with E-state index in [0.29, 0.717) is 6.42 Å². The summed E-state index contributed by atoms with van der Waals surface area (Å²) in [5.74, 6) is 0.251. The van der Waals surface area contributed by atoms with Crippen LogP contribution >= 0.6 is 0 Å². The first kappa shape index (κ1) is 16.3. The van der Waals surface area contributed by atoms with Gasteiger partial charge in [-0.25, -0.2) is 13.1 Å².